The Balaban J connectivity index is 1.28. The van der Waals surface area contributed by atoms with Crippen molar-refractivity contribution in [3.63, 3.8) is 0 Å². The van der Waals surface area contributed by atoms with Crippen molar-refractivity contribution in [3.8, 4) is 0 Å². The first-order valence-electron chi connectivity index (χ1n) is 10.3. The Hall–Kier alpha value is -2.60. The molecule has 2 atom stereocenters. The predicted molar refractivity (Wildman–Crippen MR) is 111 cm³/mol. The van der Waals surface area contributed by atoms with Gasteiger partial charge in [-0.05, 0) is 29.5 Å². The Kier molecular flexibility index (Phi) is 5.95. The van der Waals surface area contributed by atoms with E-state index < -0.39 is 11.7 Å². The number of carbonyl (C=O) groups is 1. The van der Waals surface area contributed by atoms with E-state index in [2.05, 4.69) is 29.2 Å². The van der Waals surface area contributed by atoms with Crippen LogP contribution in [0.5, 0.6) is 0 Å². The van der Waals surface area contributed by atoms with Crippen molar-refractivity contribution in [1.29, 1.82) is 0 Å². The van der Waals surface area contributed by atoms with Gasteiger partial charge >= 0.3 is 6.18 Å². The summed E-state index contributed by atoms with van der Waals surface area (Å²) in [6.07, 6.45) is 0.333. The Morgan fingerprint density at radius 2 is 1.63 bits per heavy atom. The van der Waals surface area contributed by atoms with Crippen molar-refractivity contribution >= 4 is 12.0 Å². The molecular weight excluding hydrogens is 389 g/mol. The lowest BCUT2D eigenvalue weighted by atomic mass is 10.0. The second kappa shape index (κ2) is 8.64. The van der Waals surface area contributed by atoms with Gasteiger partial charge in [0.1, 0.15) is 0 Å². The van der Waals surface area contributed by atoms with Crippen LogP contribution in [0.3, 0.4) is 0 Å². The number of nitrogens with zero attached hydrogens (tertiary/aromatic N) is 2. The Bertz CT molecular complexity index is 902. The predicted octanol–water partition coefficient (Wildman–Crippen LogP) is 4.67. The number of alkyl halides is 3. The zero-order chi connectivity index (χ0) is 21.1. The molecule has 6 heteroatoms. The summed E-state index contributed by atoms with van der Waals surface area (Å²) >= 11 is 0. The molecule has 2 aromatic rings. The van der Waals surface area contributed by atoms with Crippen molar-refractivity contribution in [3.05, 3.63) is 77.4 Å². The van der Waals surface area contributed by atoms with Gasteiger partial charge < -0.3 is 4.90 Å². The first kappa shape index (κ1) is 20.7. The van der Waals surface area contributed by atoms with Crippen LogP contribution in [-0.4, -0.2) is 48.4 Å². The van der Waals surface area contributed by atoms with Gasteiger partial charge in [-0.3, -0.25) is 9.69 Å². The largest absolute Gasteiger partial charge is 0.416 e. The monoisotopic (exact) mass is 414 g/mol. The van der Waals surface area contributed by atoms with Crippen LogP contribution in [0.25, 0.3) is 6.08 Å². The SMILES string of the molecule is O=C(C1CC1c1ccccc1C(F)(F)F)N1CCN(C/C=C/c2ccccc2)CC1. The third-order valence-corrected chi connectivity index (χ3v) is 5.93. The molecule has 158 valence electrons. The molecule has 2 unspecified atom stereocenters. The molecule has 0 bridgehead atoms. The Morgan fingerprint density at radius 1 is 0.967 bits per heavy atom. The minimum Gasteiger partial charge on any atom is -0.340 e. The molecule has 1 aliphatic heterocycles. The van der Waals surface area contributed by atoms with Crippen molar-refractivity contribution < 1.29 is 18.0 Å². The van der Waals surface area contributed by atoms with E-state index >= 15 is 0 Å². The molecule has 1 heterocycles. The third-order valence-electron chi connectivity index (χ3n) is 5.93. The first-order chi connectivity index (χ1) is 14.4. The summed E-state index contributed by atoms with van der Waals surface area (Å²) in [6.45, 7) is 3.63. The maximum atomic E-state index is 13.3. The topological polar surface area (TPSA) is 23.6 Å². The first-order valence-corrected chi connectivity index (χ1v) is 10.3. The van der Waals surface area contributed by atoms with Gasteiger partial charge in [-0.1, -0.05) is 60.7 Å². The van der Waals surface area contributed by atoms with Crippen LogP contribution in [0.1, 0.15) is 29.0 Å². The van der Waals surface area contributed by atoms with Crippen LogP contribution in [0, 0.1) is 5.92 Å². The standard InChI is InChI=1S/C24H25F3N2O/c25-24(26,27)22-11-5-4-10-19(22)20-17-21(20)23(30)29-15-13-28(14-16-29)12-6-9-18-7-2-1-3-8-18/h1-11,20-21H,12-17H2/b9-6+. The van der Waals surface area contributed by atoms with Crippen LogP contribution in [0.4, 0.5) is 13.2 Å². The molecule has 1 saturated heterocycles. The molecule has 4 rings (SSSR count). The molecule has 1 saturated carbocycles. The summed E-state index contributed by atoms with van der Waals surface area (Å²) in [5.41, 5.74) is 0.804. The smallest absolute Gasteiger partial charge is 0.340 e. The van der Waals surface area contributed by atoms with E-state index in [9.17, 15) is 18.0 Å². The fraction of sp³-hybridized carbons (Fsp3) is 0.375. The number of amides is 1. The normalized spacial score (nSPS) is 22.4. The molecule has 2 aromatic carbocycles. The van der Waals surface area contributed by atoms with Gasteiger partial charge in [-0.25, -0.2) is 0 Å². The van der Waals surface area contributed by atoms with Gasteiger partial charge in [0.15, 0.2) is 0 Å². The van der Waals surface area contributed by atoms with Gasteiger partial charge in [-0.15, -0.1) is 0 Å². The van der Waals surface area contributed by atoms with E-state index in [-0.39, 0.29) is 23.3 Å². The van der Waals surface area contributed by atoms with E-state index in [1.165, 1.54) is 12.1 Å². The van der Waals surface area contributed by atoms with Crippen LogP contribution < -0.4 is 0 Å². The highest BCUT2D eigenvalue weighted by molar-refractivity contribution is 5.83. The molecule has 0 radical (unpaired) electrons. The number of hydrogen-bond donors (Lipinski definition) is 0. The maximum Gasteiger partial charge on any atom is 0.416 e. The summed E-state index contributed by atoms with van der Waals surface area (Å²) in [7, 11) is 0. The highest BCUT2D eigenvalue weighted by atomic mass is 19.4. The van der Waals surface area contributed by atoms with Crippen molar-refractivity contribution in [1.82, 2.24) is 9.80 Å². The van der Waals surface area contributed by atoms with Crippen molar-refractivity contribution in [2.75, 3.05) is 32.7 Å². The molecule has 3 nitrogen and oxygen atoms in total. The minimum atomic E-state index is -4.38. The fourth-order valence-corrected chi connectivity index (χ4v) is 4.18. The summed E-state index contributed by atoms with van der Waals surface area (Å²) in [5, 5.41) is 0. The quantitative estimate of drug-likeness (QED) is 0.710. The van der Waals surface area contributed by atoms with Crippen LogP contribution in [-0.2, 0) is 11.0 Å². The number of benzene rings is 2. The number of hydrogen-bond acceptors (Lipinski definition) is 2. The Labute approximate surface area is 174 Å². The van der Waals surface area contributed by atoms with Crippen LogP contribution >= 0.6 is 0 Å². The number of rotatable bonds is 5. The third kappa shape index (κ3) is 4.75. The van der Waals surface area contributed by atoms with Gasteiger partial charge in [0.05, 0.1) is 5.56 Å². The summed E-state index contributed by atoms with van der Waals surface area (Å²) in [5.74, 6) is -0.642. The lowest BCUT2D eigenvalue weighted by molar-refractivity contribution is -0.139. The van der Waals surface area contributed by atoms with E-state index in [0.29, 0.717) is 19.5 Å². The fourth-order valence-electron chi connectivity index (χ4n) is 4.18. The second-order valence-corrected chi connectivity index (χ2v) is 7.97. The summed E-state index contributed by atoms with van der Waals surface area (Å²) in [4.78, 5) is 16.9. The highest BCUT2D eigenvalue weighted by Crippen LogP contribution is 2.51. The maximum absolute atomic E-state index is 13.3. The van der Waals surface area contributed by atoms with Crippen LogP contribution in [0.2, 0.25) is 0 Å². The van der Waals surface area contributed by atoms with E-state index in [1.54, 1.807) is 6.07 Å². The molecule has 1 aliphatic carbocycles. The summed E-state index contributed by atoms with van der Waals surface area (Å²) in [6, 6.07) is 15.7. The number of piperazine rings is 1. The lowest BCUT2D eigenvalue weighted by Crippen LogP contribution is -2.49. The van der Waals surface area contributed by atoms with Crippen LogP contribution in [0.15, 0.2) is 60.7 Å². The molecule has 2 fully saturated rings. The van der Waals surface area contributed by atoms with E-state index in [0.717, 1.165) is 31.3 Å². The zero-order valence-electron chi connectivity index (χ0n) is 16.7. The van der Waals surface area contributed by atoms with Crippen molar-refractivity contribution in [2.45, 2.75) is 18.5 Å². The van der Waals surface area contributed by atoms with Gasteiger partial charge in [0.2, 0.25) is 5.91 Å². The molecule has 0 spiro atoms. The zero-order valence-corrected chi connectivity index (χ0v) is 16.7. The molecule has 2 aliphatic rings. The molecule has 0 N–H and O–H groups in total. The van der Waals surface area contributed by atoms with Gasteiger partial charge in [0, 0.05) is 38.6 Å². The second-order valence-electron chi connectivity index (χ2n) is 7.97. The van der Waals surface area contributed by atoms with E-state index in [4.69, 9.17) is 0 Å². The lowest BCUT2D eigenvalue weighted by Gasteiger charge is -2.34. The molecular formula is C24H25F3N2O. The molecule has 30 heavy (non-hydrogen) atoms. The number of carbonyl (C=O) groups excluding carboxylic acids is 1. The molecule has 0 aromatic heterocycles. The Morgan fingerprint density at radius 3 is 2.33 bits per heavy atom. The average molecular weight is 414 g/mol. The van der Waals surface area contributed by atoms with E-state index in [1.807, 2.05) is 23.1 Å². The minimum absolute atomic E-state index is 0.00328. The highest BCUT2D eigenvalue weighted by Gasteiger charge is 2.49. The average Bonchev–Trinajstić information content (AvgIpc) is 3.55. The van der Waals surface area contributed by atoms with Crippen molar-refractivity contribution in [2.24, 2.45) is 5.92 Å². The van der Waals surface area contributed by atoms with Gasteiger partial charge in [-0.2, -0.15) is 13.2 Å². The number of halogens is 3. The van der Waals surface area contributed by atoms with Gasteiger partial charge in [0.25, 0.3) is 0 Å². The molecule has 1 amide bonds. The summed E-state index contributed by atoms with van der Waals surface area (Å²) < 4.78 is 39.8.